The molecule has 0 amide bonds. The molecule has 3 rings (SSSR count). The number of carbonyl (C=O) groups excluding carboxylic acids is 1. The molecule has 10 heteroatoms. The van der Waals surface area contributed by atoms with Crippen LogP contribution in [0.5, 0.6) is 23.0 Å². The second kappa shape index (κ2) is 8.52. The second-order valence-corrected chi connectivity index (χ2v) is 5.90. The van der Waals surface area contributed by atoms with Gasteiger partial charge < -0.3 is 23.7 Å². The predicted molar refractivity (Wildman–Crippen MR) is 106 cm³/mol. The molecule has 156 valence electrons. The summed E-state index contributed by atoms with van der Waals surface area (Å²) in [6.07, 6.45) is 1.47. The second-order valence-electron chi connectivity index (χ2n) is 5.90. The van der Waals surface area contributed by atoms with E-state index in [1.54, 1.807) is 12.1 Å². The molecule has 0 fully saturated rings. The van der Waals surface area contributed by atoms with Gasteiger partial charge in [-0.15, -0.1) is 0 Å². The molecule has 0 bridgehead atoms. The van der Waals surface area contributed by atoms with Crippen LogP contribution in [0.4, 0.5) is 5.69 Å². The highest BCUT2D eigenvalue weighted by Crippen LogP contribution is 2.41. The van der Waals surface area contributed by atoms with Gasteiger partial charge in [0.25, 0.3) is 0 Å². The van der Waals surface area contributed by atoms with Crippen molar-refractivity contribution in [2.75, 3.05) is 28.4 Å². The third-order valence-corrected chi connectivity index (χ3v) is 4.27. The van der Waals surface area contributed by atoms with Crippen molar-refractivity contribution in [2.45, 2.75) is 0 Å². The van der Waals surface area contributed by atoms with E-state index in [0.29, 0.717) is 22.8 Å². The zero-order chi connectivity index (χ0) is 21.8. The number of hydrogen-bond donors (Lipinski definition) is 0. The summed E-state index contributed by atoms with van der Waals surface area (Å²) >= 11 is 0. The Morgan fingerprint density at radius 2 is 1.63 bits per heavy atom. The molecule has 1 heterocycles. The zero-order valence-electron chi connectivity index (χ0n) is 16.6. The fourth-order valence-corrected chi connectivity index (χ4v) is 2.88. The quantitative estimate of drug-likeness (QED) is 0.294. The topological polar surface area (TPSA) is 119 Å². The van der Waals surface area contributed by atoms with Crippen molar-refractivity contribution in [1.29, 1.82) is 0 Å². The predicted octanol–water partition coefficient (Wildman–Crippen LogP) is 2.97. The van der Waals surface area contributed by atoms with Crippen LogP contribution in [0.25, 0.3) is 6.08 Å². The van der Waals surface area contributed by atoms with Gasteiger partial charge in [0.05, 0.1) is 33.4 Å². The fraction of sp³-hybridized carbons (Fsp3) is 0.200. The van der Waals surface area contributed by atoms with Crippen molar-refractivity contribution < 1.29 is 33.4 Å². The van der Waals surface area contributed by atoms with E-state index in [4.69, 9.17) is 23.7 Å². The van der Waals surface area contributed by atoms with E-state index in [0.717, 1.165) is 0 Å². The maximum atomic E-state index is 12.3. The number of carbonyl (C=O) groups is 1. The Morgan fingerprint density at radius 1 is 0.967 bits per heavy atom. The third-order valence-electron chi connectivity index (χ3n) is 4.27. The molecule has 2 aromatic rings. The number of nitro groups is 1. The zero-order valence-corrected chi connectivity index (χ0v) is 16.6. The van der Waals surface area contributed by atoms with Gasteiger partial charge in [-0.25, -0.2) is 9.79 Å². The maximum Gasteiger partial charge on any atom is 0.363 e. The first-order valence-corrected chi connectivity index (χ1v) is 8.57. The summed E-state index contributed by atoms with van der Waals surface area (Å²) in [6.45, 7) is 0. The van der Waals surface area contributed by atoms with Crippen LogP contribution in [-0.4, -0.2) is 45.2 Å². The number of hydrogen-bond acceptors (Lipinski definition) is 9. The molecule has 0 spiro atoms. The van der Waals surface area contributed by atoms with E-state index in [-0.39, 0.29) is 28.6 Å². The summed E-state index contributed by atoms with van der Waals surface area (Å²) < 4.78 is 26.1. The van der Waals surface area contributed by atoms with E-state index in [1.165, 1.54) is 52.7 Å². The van der Waals surface area contributed by atoms with Gasteiger partial charge in [-0.3, -0.25) is 10.1 Å². The Bertz CT molecular complexity index is 1070. The van der Waals surface area contributed by atoms with Crippen molar-refractivity contribution in [2.24, 2.45) is 4.99 Å². The van der Waals surface area contributed by atoms with Gasteiger partial charge in [-0.2, -0.15) is 0 Å². The maximum absolute atomic E-state index is 12.3. The minimum atomic E-state index is -0.708. The van der Waals surface area contributed by atoms with E-state index in [2.05, 4.69) is 4.99 Å². The monoisotopic (exact) mass is 414 g/mol. The lowest BCUT2D eigenvalue weighted by Crippen LogP contribution is -2.06. The molecule has 0 saturated carbocycles. The van der Waals surface area contributed by atoms with Crippen LogP contribution in [0.3, 0.4) is 0 Å². The molecular formula is C20H18N2O8. The van der Waals surface area contributed by atoms with E-state index in [1.807, 2.05) is 0 Å². The van der Waals surface area contributed by atoms with Gasteiger partial charge in [0, 0.05) is 17.2 Å². The van der Waals surface area contributed by atoms with Gasteiger partial charge in [-0.1, -0.05) is 0 Å². The first-order chi connectivity index (χ1) is 14.4. The summed E-state index contributed by atoms with van der Waals surface area (Å²) in [5, 5.41) is 11.2. The molecule has 0 saturated heterocycles. The molecular weight excluding hydrogens is 396 g/mol. The van der Waals surface area contributed by atoms with Crippen molar-refractivity contribution >= 4 is 23.6 Å². The molecule has 10 nitrogen and oxygen atoms in total. The summed E-state index contributed by atoms with van der Waals surface area (Å²) in [7, 11) is 5.74. The molecule has 1 aliphatic rings. The van der Waals surface area contributed by atoms with Gasteiger partial charge in [0.1, 0.15) is 0 Å². The molecule has 2 aromatic carbocycles. The first kappa shape index (κ1) is 20.6. The van der Waals surface area contributed by atoms with Gasteiger partial charge in [0.2, 0.25) is 11.6 Å². The molecule has 30 heavy (non-hydrogen) atoms. The third kappa shape index (κ3) is 3.75. The molecule has 0 atom stereocenters. The standard InChI is InChI=1S/C20H18N2O8/c1-26-15-7-6-12(10-14(15)22(24)25)19-21-13(20(23)30-19)9-11-5-8-16(27-2)18(29-4)17(11)28-3/h5-10H,1-4H3/b13-9-. The molecule has 0 aliphatic carbocycles. The number of ether oxygens (including phenoxy) is 5. The lowest BCUT2D eigenvalue weighted by Gasteiger charge is -2.14. The number of aliphatic imine (C=N–C) groups is 1. The van der Waals surface area contributed by atoms with Crippen molar-refractivity contribution in [3.63, 3.8) is 0 Å². The molecule has 1 aliphatic heterocycles. The minimum Gasteiger partial charge on any atom is -0.493 e. The van der Waals surface area contributed by atoms with E-state index in [9.17, 15) is 14.9 Å². The number of cyclic esters (lactones) is 1. The van der Waals surface area contributed by atoms with Crippen LogP contribution in [0.2, 0.25) is 0 Å². The Hall–Kier alpha value is -4.08. The molecule has 0 radical (unpaired) electrons. The lowest BCUT2D eigenvalue weighted by atomic mass is 10.1. The Morgan fingerprint density at radius 3 is 2.23 bits per heavy atom. The summed E-state index contributed by atoms with van der Waals surface area (Å²) in [5.41, 5.74) is 0.494. The van der Waals surface area contributed by atoms with E-state index < -0.39 is 10.9 Å². The van der Waals surface area contributed by atoms with Crippen LogP contribution < -0.4 is 18.9 Å². The summed E-state index contributed by atoms with van der Waals surface area (Å²) in [4.78, 5) is 27.1. The minimum absolute atomic E-state index is 0.00556. The normalized spacial score (nSPS) is 14.2. The number of rotatable bonds is 7. The van der Waals surface area contributed by atoms with Gasteiger partial charge in [0.15, 0.2) is 22.9 Å². The van der Waals surface area contributed by atoms with Crippen molar-refractivity contribution in [3.8, 4) is 23.0 Å². The van der Waals surface area contributed by atoms with Gasteiger partial charge >= 0.3 is 11.7 Å². The molecule has 0 aromatic heterocycles. The highest BCUT2D eigenvalue weighted by molar-refractivity contribution is 6.13. The summed E-state index contributed by atoms with van der Waals surface area (Å²) in [6, 6.07) is 7.48. The van der Waals surface area contributed by atoms with Crippen LogP contribution in [0.1, 0.15) is 11.1 Å². The average Bonchev–Trinajstić information content (AvgIpc) is 3.12. The lowest BCUT2D eigenvalue weighted by molar-refractivity contribution is -0.385. The Kier molecular flexibility index (Phi) is 5.86. The van der Waals surface area contributed by atoms with Crippen LogP contribution in [-0.2, 0) is 9.53 Å². The number of nitrogens with zero attached hydrogens (tertiary/aromatic N) is 2. The highest BCUT2D eigenvalue weighted by Gasteiger charge is 2.27. The Balaban J connectivity index is 2.04. The van der Waals surface area contributed by atoms with Gasteiger partial charge in [-0.05, 0) is 30.3 Å². The Labute approximate surface area is 171 Å². The molecule has 0 N–H and O–H groups in total. The highest BCUT2D eigenvalue weighted by atomic mass is 16.6. The van der Waals surface area contributed by atoms with Crippen molar-refractivity contribution in [1.82, 2.24) is 0 Å². The number of methoxy groups -OCH3 is 4. The molecule has 0 unspecified atom stereocenters. The van der Waals surface area contributed by atoms with Crippen LogP contribution in [0, 0.1) is 10.1 Å². The number of benzene rings is 2. The average molecular weight is 414 g/mol. The van der Waals surface area contributed by atoms with Crippen molar-refractivity contribution in [3.05, 3.63) is 57.3 Å². The van der Waals surface area contributed by atoms with Crippen LogP contribution in [0.15, 0.2) is 41.0 Å². The van der Waals surface area contributed by atoms with E-state index >= 15 is 0 Å². The van der Waals surface area contributed by atoms with Crippen LogP contribution >= 0.6 is 0 Å². The fourth-order valence-electron chi connectivity index (χ4n) is 2.88. The number of esters is 1. The number of nitro benzene ring substituents is 1. The largest absolute Gasteiger partial charge is 0.493 e. The smallest absolute Gasteiger partial charge is 0.363 e. The SMILES string of the molecule is COc1ccc(C2=N/C(=C\c3ccc(OC)c(OC)c3OC)C(=O)O2)cc1[N+](=O)[O-]. The summed E-state index contributed by atoms with van der Waals surface area (Å²) in [5.74, 6) is 0.480. The first-order valence-electron chi connectivity index (χ1n) is 8.57.